The number of hydrogen-bond donors (Lipinski definition) is 2. The summed E-state index contributed by atoms with van der Waals surface area (Å²) in [5, 5.41) is 0. The van der Waals surface area contributed by atoms with Crippen LogP contribution in [0.3, 0.4) is 0 Å². The van der Waals surface area contributed by atoms with Crippen LogP contribution in [0.4, 0.5) is 0 Å². The highest BCUT2D eigenvalue weighted by Gasteiger charge is 2.35. The van der Waals surface area contributed by atoms with Crippen LogP contribution in [0.15, 0.2) is 0 Å². The highest BCUT2D eigenvalue weighted by Crippen LogP contribution is 2.32. The van der Waals surface area contributed by atoms with Crippen molar-refractivity contribution in [2.24, 2.45) is 17.6 Å². The molecule has 2 unspecified atom stereocenters. The highest BCUT2D eigenvalue weighted by molar-refractivity contribution is 7.87. The molecule has 3 N–H and O–H groups in total. The van der Waals surface area contributed by atoms with Gasteiger partial charge in [-0.3, -0.25) is 0 Å². The number of nitrogens with one attached hydrogen (secondary N) is 1. The Balaban J connectivity index is 0.00000162. The van der Waals surface area contributed by atoms with Gasteiger partial charge in [0.05, 0.1) is 0 Å². The van der Waals surface area contributed by atoms with E-state index in [0.717, 1.165) is 25.7 Å². The van der Waals surface area contributed by atoms with Crippen LogP contribution in [-0.2, 0) is 10.2 Å². The SMILES string of the molecule is CC1CCCN(S(=O)(=O)NC(CN)C2CC2)C1.Cl. The Kier molecular flexibility index (Phi) is 5.86. The van der Waals surface area contributed by atoms with Crippen molar-refractivity contribution in [2.45, 2.75) is 38.6 Å². The molecular weight excluding hydrogens is 274 g/mol. The third-order valence-corrected chi connectivity index (χ3v) is 5.32. The van der Waals surface area contributed by atoms with Crippen molar-refractivity contribution < 1.29 is 8.42 Å². The zero-order chi connectivity index (χ0) is 12.5. The first-order valence-electron chi connectivity index (χ1n) is 6.50. The van der Waals surface area contributed by atoms with Gasteiger partial charge in [0.2, 0.25) is 0 Å². The van der Waals surface area contributed by atoms with E-state index in [4.69, 9.17) is 5.73 Å². The van der Waals surface area contributed by atoms with Crippen molar-refractivity contribution >= 4 is 22.6 Å². The van der Waals surface area contributed by atoms with Gasteiger partial charge in [0.15, 0.2) is 0 Å². The molecule has 2 aliphatic rings. The van der Waals surface area contributed by atoms with Crippen molar-refractivity contribution in [1.29, 1.82) is 0 Å². The molecule has 0 aromatic heterocycles. The molecule has 1 heterocycles. The van der Waals surface area contributed by atoms with Gasteiger partial charge >= 0.3 is 0 Å². The average Bonchev–Trinajstić information content (AvgIpc) is 3.10. The normalized spacial score (nSPS) is 27.6. The highest BCUT2D eigenvalue weighted by atomic mass is 35.5. The van der Waals surface area contributed by atoms with E-state index >= 15 is 0 Å². The number of rotatable bonds is 5. The lowest BCUT2D eigenvalue weighted by Gasteiger charge is -2.31. The summed E-state index contributed by atoms with van der Waals surface area (Å²) < 4.78 is 28.7. The van der Waals surface area contributed by atoms with Crippen molar-refractivity contribution in [2.75, 3.05) is 19.6 Å². The summed E-state index contributed by atoms with van der Waals surface area (Å²) in [6.07, 6.45) is 4.27. The molecule has 2 rings (SSSR count). The monoisotopic (exact) mass is 297 g/mol. The number of hydrogen-bond acceptors (Lipinski definition) is 3. The van der Waals surface area contributed by atoms with Crippen LogP contribution in [0.25, 0.3) is 0 Å². The first-order chi connectivity index (χ1) is 8.03. The van der Waals surface area contributed by atoms with Crippen LogP contribution in [0.5, 0.6) is 0 Å². The Morgan fingerprint density at radius 2 is 2.06 bits per heavy atom. The Morgan fingerprint density at radius 1 is 1.39 bits per heavy atom. The van der Waals surface area contributed by atoms with Crippen LogP contribution < -0.4 is 10.5 Å². The van der Waals surface area contributed by atoms with Gasteiger partial charge in [0, 0.05) is 25.7 Å². The molecule has 2 atom stereocenters. The van der Waals surface area contributed by atoms with Crippen molar-refractivity contribution in [3.63, 3.8) is 0 Å². The van der Waals surface area contributed by atoms with Gasteiger partial charge in [0.1, 0.15) is 0 Å². The summed E-state index contributed by atoms with van der Waals surface area (Å²) in [5.41, 5.74) is 5.63. The first-order valence-corrected chi connectivity index (χ1v) is 7.94. The zero-order valence-corrected chi connectivity index (χ0v) is 12.5. The molecule has 0 aromatic carbocycles. The molecule has 7 heteroatoms. The van der Waals surface area contributed by atoms with Crippen molar-refractivity contribution in [3.05, 3.63) is 0 Å². The second kappa shape index (κ2) is 6.52. The van der Waals surface area contributed by atoms with Crippen LogP contribution >= 0.6 is 12.4 Å². The maximum atomic E-state index is 12.2. The third-order valence-electron chi connectivity index (χ3n) is 3.70. The summed E-state index contributed by atoms with van der Waals surface area (Å²) in [6, 6.07) is -0.0720. The van der Waals surface area contributed by atoms with E-state index in [0.29, 0.717) is 31.5 Å². The molecular formula is C11H24ClN3O2S. The molecule has 1 saturated carbocycles. The zero-order valence-electron chi connectivity index (χ0n) is 10.8. The smallest absolute Gasteiger partial charge is 0.279 e. The summed E-state index contributed by atoms with van der Waals surface area (Å²) in [5.74, 6) is 0.912. The lowest BCUT2D eigenvalue weighted by molar-refractivity contribution is 0.276. The molecule has 1 aliphatic heterocycles. The molecule has 108 valence electrons. The van der Waals surface area contributed by atoms with Gasteiger partial charge in [-0.15, -0.1) is 12.4 Å². The Morgan fingerprint density at radius 3 is 2.56 bits per heavy atom. The summed E-state index contributed by atoms with van der Waals surface area (Å²) >= 11 is 0. The number of nitrogens with zero attached hydrogens (tertiary/aromatic N) is 1. The van der Waals surface area contributed by atoms with Crippen molar-refractivity contribution in [3.8, 4) is 0 Å². The van der Waals surface area contributed by atoms with Gasteiger partial charge in [-0.05, 0) is 37.5 Å². The molecule has 1 aliphatic carbocycles. The lowest BCUT2D eigenvalue weighted by atomic mass is 10.0. The Hall–Kier alpha value is 0.120. The van der Waals surface area contributed by atoms with E-state index in [1.165, 1.54) is 0 Å². The number of halogens is 1. The number of nitrogens with two attached hydrogens (primary N) is 1. The predicted octanol–water partition coefficient (Wildman–Crippen LogP) is 0.712. The maximum absolute atomic E-state index is 12.2. The van der Waals surface area contributed by atoms with E-state index in [1.54, 1.807) is 4.31 Å². The molecule has 1 saturated heterocycles. The quantitative estimate of drug-likeness (QED) is 0.785. The second-order valence-corrected chi connectivity index (χ2v) is 7.11. The van der Waals surface area contributed by atoms with E-state index in [1.807, 2.05) is 0 Å². The van der Waals surface area contributed by atoms with E-state index in [-0.39, 0.29) is 18.4 Å². The van der Waals surface area contributed by atoms with Crippen LogP contribution in [0.1, 0.15) is 32.6 Å². The molecule has 0 amide bonds. The molecule has 0 radical (unpaired) electrons. The molecule has 0 spiro atoms. The number of piperidine rings is 1. The lowest BCUT2D eigenvalue weighted by Crippen LogP contribution is -2.51. The van der Waals surface area contributed by atoms with Gasteiger partial charge < -0.3 is 5.73 Å². The minimum atomic E-state index is -3.33. The Labute approximate surface area is 116 Å². The van der Waals surface area contributed by atoms with E-state index in [2.05, 4.69) is 11.6 Å². The summed E-state index contributed by atoms with van der Waals surface area (Å²) in [7, 11) is -3.33. The fourth-order valence-electron chi connectivity index (χ4n) is 2.47. The van der Waals surface area contributed by atoms with Crippen LogP contribution in [0, 0.1) is 11.8 Å². The fourth-order valence-corrected chi connectivity index (χ4v) is 4.11. The summed E-state index contributed by atoms with van der Waals surface area (Å²) in [4.78, 5) is 0. The van der Waals surface area contributed by atoms with Crippen LogP contribution in [0.2, 0.25) is 0 Å². The third kappa shape index (κ3) is 4.06. The maximum Gasteiger partial charge on any atom is 0.279 e. The second-order valence-electron chi connectivity index (χ2n) is 5.41. The van der Waals surface area contributed by atoms with Crippen molar-refractivity contribution in [1.82, 2.24) is 9.03 Å². The fraction of sp³-hybridized carbons (Fsp3) is 1.00. The molecule has 0 aromatic rings. The Bertz CT molecular complexity index is 359. The minimum absolute atomic E-state index is 0. The van der Waals surface area contributed by atoms with E-state index in [9.17, 15) is 8.42 Å². The predicted molar refractivity (Wildman–Crippen MR) is 74.8 cm³/mol. The van der Waals surface area contributed by atoms with Gasteiger partial charge in [0.25, 0.3) is 10.2 Å². The summed E-state index contributed by atoms with van der Waals surface area (Å²) in [6.45, 7) is 3.77. The minimum Gasteiger partial charge on any atom is -0.329 e. The average molecular weight is 298 g/mol. The molecule has 0 bridgehead atoms. The largest absolute Gasteiger partial charge is 0.329 e. The standard InChI is InChI=1S/C11H23N3O2S.ClH/c1-9-3-2-6-14(8-9)17(15,16)13-11(7-12)10-4-5-10;/h9-11,13H,2-8,12H2,1H3;1H. The molecule has 2 fully saturated rings. The molecule has 18 heavy (non-hydrogen) atoms. The van der Waals surface area contributed by atoms with Gasteiger partial charge in [-0.25, -0.2) is 0 Å². The van der Waals surface area contributed by atoms with E-state index < -0.39 is 10.2 Å². The van der Waals surface area contributed by atoms with Gasteiger partial charge in [-0.1, -0.05) is 6.92 Å². The van der Waals surface area contributed by atoms with Crippen LogP contribution in [-0.4, -0.2) is 38.4 Å². The first kappa shape index (κ1) is 16.2. The van der Waals surface area contributed by atoms with Gasteiger partial charge in [-0.2, -0.15) is 17.4 Å². The topological polar surface area (TPSA) is 75.4 Å². The molecule has 5 nitrogen and oxygen atoms in total.